The van der Waals surface area contributed by atoms with E-state index >= 15 is 0 Å². The number of nitrogens with zero attached hydrogens (tertiary/aromatic N) is 1. The van der Waals surface area contributed by atoms with Crippen LogP contribution in [-0.2, 0) is 14.3 Å². The Hall–Kier alpha value is -3.35. The van der Waals surface area contributed by atoms with E-state index in [1.165, 1.54) is 4.90 Å². The zero-order chi connectivity index (χ0) is 26.0. The molecule has 2 N–H and O–H groups in total. The van der Waals surface area contributed by atoms with Crippen LogP contribution < -0.4 is 5.32 Å². The lowest BCUT2D eigenvalue weighted by molar-refractivity contribution is -0.143. The second-order valence-corrected chi connectivity index (χ2v) is 11.1. The second-order valence-electron chi connectivity index (χ2n) is 11.1. The number of hydrogen-bond donors (Lipinski definition) is 2. The van der Waals surface area contributed by atoms with Crippen LogP contribution in [0, 0.1) is 5.41 Å². The van der Waals surface area contributed by atoms with Crippen molar-refractivity contribution < 1.29 is 24.2 Å². The number of carbonyl (C=O) groups is 3. The van der Waals surface area contributed by atoms with Crippen molar-refractivity contribution in [1.29, 1.82) is 0 Å². The van der Waals surface area contributed by atoms with Gasteiger partial charge in [0.05, 0.1) is 6.42 Å². The van der Waals surface area contributed by atoms with Crippen molar-refractivity contribution in [2.24, 2.45) is 5.41 Å². The van der Waals surface area contributed by atoms with Gasteiger partial charge in [0.15, 0.2) is 0 Å². The molecular formula is C28H36N2O5. The van der Waals surface area contributed by atoms with E-state index in [0.29, 0.717) is 0 Å². The molecule has 0 radical (unpaired) electrons. The Morgan fingerprint density at radius 3 is 1.91 bits per heavy atom. The maximum absolute atomic E-state index is 13.5. The number of benzene rings is 2. The van der Waals surface area contributed by atoms with Gasteiger partial charge in [-0.2, -0.15) is 0 Å². The van der Waals surface area contributed by atoms with Crippen LogP contribution in [0.2, 0.25) is 0 Å². The quantitative estimate of drug-likeness (QED) is 0.579. The fraction of sp³-hybridized carbons (Fsp3) is 0.464. The van der Waals surface area contributed by atoms with Gasteiger partial charge in [-0.05, 0) is 48.4 Å². The average molecular weight is 481 g/mol. The number of fused-ring (bicyclic) bond motifs is 3. The third kappa shape index (κ3) is 6.02. The summed E-state index contributed by atoms with van der Waals surface area (Å²) in [5, 5.41) is 11.9. The lowest BCUT2D eigenvalue weighted by Crippen LogP contribution is -2.59. The van der Waals surface area contributed by atoms with Crippen LogP contribution in [0.15, 0.2) is 48.5 Å². The number of alkyl carbamates (subject to hydrolysis) is 1. The number of nitrogens with one attached hydrogen (secondary N) is 1. The molecule has 0 unspecified atom stereocenters. The van der Waals surface area contributed by atoms with Crippen molar-refractivity contribution in [1.82, 2.24) is 10.2 Å². The van der Waals surface area contributed by atoms with Crippen LogP contribution in [0.5, 0.6) is 0 Å². The Bertz CT molecular complexity index is 1050. The summed E-state index contributed by atoms with van der Waals surface area (Å²) in [6.07, 6.45) is -0.850. The molecule has 7 nitrogen and oxygen atoms in total. The first kappa shape index (κ1) is 26.3. The first-order valence-corrected chi connectivity index (χ1v) is 12.0. The van der Waals surface area contributed by atoms with Gasteiger partial charge in [0.1, 0.15) is 12.6 Å². The Morgan fingerprint density at radius 2 is 1.46 bits per heavy atom. The molecule has 2 aromatic rings. The number of hydrogen-bond acceptors (Lipinski definition) is 4. The lowest BCUT2D eigenvalue weighted by Gasteiger charge is -2.41. The number of ether oxygens (including phenoxy) is 1. The van der Waals surface area contributed by atoms with E-state index in [4.69, 9.17) is 9.84 Å². The number of aliphatic carboxylic acids is 1. The number of carboxylic acid groups (broad SMARTS) is 1. The van der Waals surface area contributed by atoms with Gasteiger partial charge in [0.2, 0.25) is 5.91 Å². The number of rotatable bonds is 7. The van der Waals surface area contributed by atoms with Gasteiger partial charge in [-0.1, -0.05) is 69.3 Å². The van der Waals surface area contributed by atoms with E-state index in [1.807, 2.05) is 77.9 Å². The van der Waals surface area contributed by atoms with Crippen molar-refractivity contribution in [3.63, 3.8) is 0 Å². The molecule has 35 heavy (non-hydrogen) atoms. The highest BCUT2D eigenvalue weighted by Crippen LogP contribution is 2.44. The molecule has 188 valence electrons. The summed E-state index contributed by atoms with van der Waals surface area (Å²) in [7, 11) is 0. The van der Waals surface area contributed by atoms with E-state index in [2.05, 4.69) is 17.4 Å². The first-order chi connectivity index (χ1) is 16.3. The van der Waals surface area contributed by atoms with Gasteiger partial charge in [-0.15, -0.1) is 0 Å². The minimum atomic E-state index is -0.983. The van der Waals surface area contributed by atoms with E-state index < -0.39 is 29.1 Å². The fourth-order valence-electron chi connectivity index (χ4n) is 4.55. The SMILES string of the molecule is CC(C)(C)[C@@H](NC(=O)OCC1c2ccccc2-c2ccccc21)C(=O)N(CCC(=O)O)C(C)(C)C. The van der Waals surface area contributed by atoms with Gasteiger partial charge in [-0.3, -0.25) is 9.59 Å². The summed E-state index contributed by atoms with van der Waals surface area (Å²) in [6.45, 7) is 11.3. The van der Waals surface area contributed by atoms with Crippen LogP contribution in [0.25, 0.3) is 11.1 Å². The smallest absolute Gasteiger partial charge is 0.407 e. The van der Waals surface area contributed by atoms with Crippen LogP contribution in [0.1, 0.15) is 65.0 Å². The van der Waals surface area contributed by atoms with Crippen molar-refractivity contribution in [3.05, 3.63) is 59.7 Å². The number of carboxylic acids is 1. The Labute approximate surface area is 207 Å². The van der Waals surface area contributed by atoms with E-state index in [0.717, 1.165) is 22.3 Å². The average Bonchev–Trinajstić information content (AvgIpc) is 3.08. The van der Waals surface area contributed by atoms with Gasteiger partial charge in [-0.25, -0.2) is 4.79 Å². The Kier molecular flexibility index (Phi) is 7.58. The van der Waals surface area contributed by atoms with Crippen LogP contribution in [-0.4, -0.2) is 52.7 Å². The minimum Gasteiger partial charge on any atom is -0.481 e. The highest BCUT2D eigenvalue weighted by Gasteiger charge is 2.40. The van der Waals surface area contributed by atoms with Crippen molar-refractivity contribution in [3.8, 4) is 11.1 Å². The molecule has 0 saturated carbocycles. The number of amides is 2. The molecule has 0 saturated heterocycles. The van der Waals surface area contributed by atoms with Gasteiger partial charge >= 0.3 is 12.1 Å². The Balaban J connectivity index is 1.75. The predicted molar refractivity (Wildman–Crippen MR) is 135 cm³/mol. The monoisotopic (exact) mass is 480 g/mol. The molecule has 3 rings (SSSR count). The van der Waals surface area contributed by atoms with Crippen LogP contribution in [0.3, 0.4) is 0 Å². The lowest BCUT2D eigenvalue weighted by atomic mass is 9.85. The van der Waals surface area contributed by atoms with Gasteiger partial charge in [0, 0.05) is 18.0 Å². The van der Waals surface area contributed by atoms with Gasteiger partial charge in [0.25, 0.3) is 0 Å². The summed E-state index contributed by atoms with van der Waals surface area (Å²) in [6, 6.07) is 15.3. The molecule has 0 spiro atoms. The maximum atomic E-state index is 13.5. The number of carbonyl (C=O) groups excluding carboxylic acids is 2. The van der Waals surface area contributed by atoms with E-state index in [9.17, 15) is 14.4 Å². The molecule has 0 aliphatic heterocycles. The third-order valence-corrected chi connectivity index (χ3v) is 6.34. The molecule has 2 amide bonds. The van der Waals surface area contributed by atoms with Crippen molar-refractivity contribution in [2.45, 2.75) is 65.5 Å². The molecule has 1 aliphatic carbocycles. The summed E-state index contributed by atoms with van der Waals surface area (Å²) >= 11 is 0. The first-order valence-electron chi connectivity index (χ1n) is 12.0. The van der Waals surface area contributed by atoms with Crippen LogP contribution >= 0.6 is 0 Å². The molecule has 7 heteroatoms. The largest absolute Gasteiger partial charge is 0.481 e. The maximum Gasteiger partial charge on any atom is 0.407 e. The zero-order valence-electron chi connectivity index (χ0n) is 21.4. The molecule has 0 bridgehead atoms. The van der Waals surface area contributed by atoms with E-state index in [-0.39, 0.29) is 31.4 Å². The highest BCUT2D eigenvalue weighted by molar-refractivity contribution is 5.87. The fourth-order valence-corrected chi connectivity index (χ4v) is 4.55. The van der Waals surface area contributed by atoms with E-state index in [1.54, 1.807) is 0 Å². The molecule has 1 atom stereocenters. The molecule has 2 aromatic carbocycles. The molecular weight excluding hydrogens is 444 g/mol. The molecule has 1 aliphatic rings. The molecule has 0 aromatic heterocycles. The summed E-state index contributed by atoms with van der Waals surface area (Å²) in [5.41, 5.74) is 3.27. The summed E-state index contributed by atoms with van der Waals surface area (Å²) in [4.78, 5) is 39.1. The normalized spacial score (nSPS) is 14.0. The molecule has 0 heterocycles. The zero-order valence-corrected chi connectivity index (χ0v) is 21.4. The second kappa shape index (κ2) is 10.1. The third-order valence-electron chi connectivity index (χ3n) is 6.34. The minimum absolute atomic E-state index is 0.0522. The van der Waals surface area contributed by atoms with Crippen LogP contribution in [0.4, 0.5) is 4.79 Å². The van der Waals surface area contributed by atoms with Crippen molar-refractivity contribution in [2.75, 3.05) is 13.2 Å². The topological polar surface area (TPSA) is 95.9 Å². The summed E-state index contributed by atoms with van der Waals surface area (Å²) in [5.74, 6) is -1.40. The highest BCUT2D eigenvalue weighted by atomic mass is 16.5. The Morgan fingerprint density at radius 1 is 0.943 bits per heavy atom. The summed E-state index contributed by atoms with van der Waals surface area (Å²) < 4.78 is 5.66. The standard InChI is InChI=1S/C28H36N2O5/c1-27(2,3)24(25(33)30(28(4,5)6)16-15-23(31)32)29-26(34)35-17-22-20-13-9-7-11-18(20)19-12-8-10-14-21(19)22/h7-14,22,24H,15-17H2,1-6H3,(H,29,34)(H,31,32)/t24-/m0/s1. The van der Waals surface area contributed by atoms with Gasteiger partial charge < -0.3 is 20.1 Å². The molecule has 0 fully saturated rings. The van der Waals surface area contributed by atoms with Crippen molar-refractivity contribution >= 4 is 18.0 Å². The predicted octanol–water partition coefficient (Wildman–Crippen LogP) is 5.04.